The fraction of sp³-hybridized carbons (Fsp3) is 0.500. The normalized spacial score (nSPS) is 21.2. The van der Waals surface area contributed by atoms with Gasteiger partial charge in [-0.3, -0.25) is 14.9 Å². The van der Waals surface area contributed by atoms with Gasteiger partial charge < -0.3 is 20.8 Å². The van der Waals surface area contributed by atoms with Crippen molar-refractivity contribution in [2.75, 3.05) is 13.2 Å². The van der Waals surface area contributed by atoms with E-state index in [9.17, 15) is 33.0 Å². The number of hydrogen-bond donors (Lipinski definition) is 5. The van der Waals surface area contributed by atoms with Crippen LogP contribution in [0.3, 0.4) is 0 Å². The first-order valence-corrected chi connectivity index (χ1v) is 7.88. The van der Waals surface area contributed by atoms with Crippen molar-refractivity contribution in [3.8, 4) is 0 Å². The number of benzene rings is 1. The number of aliphatic hydroxyl groups excluding tert-OH is 2. The lowest BCUT2D eigenvalue weighted by Crippen LogP contribution is -2.63. The number of halogens is 3. The summed E-state index contributed by atoms with van der Waals surface area (Å²) in [4.78, 5) is 24.0. The van der Waals surface area contributed by atoms with Crippen LogP contribution < -0.4 is 16.0 Å². The van der Waals surface area contributed by atoms with Crippen LogP contribution in [-0.2, 0) is 21.3 Å². The van der Waals surface area contributed by atoms with Crippen LogP contribution in [0.2, 0.25) is 0 Å². The fourth-order valence-corrected chi connectivity index (χ4v) is 2.74. The van der Waals surface area contributed by atoms with Gasteiger partial charge in [-0.05, 0) is 24.6 Å². The summed E-state index contributed by atoms with van der Waals surface area (Å²) < 4.78 is 38.1. The molecule has 1 saturated heterocycles. The van der Waals surface area contributed by atoms with E-state index in [1.165, 1.54) is 0 Å². The highest BCUT2D eigenvalue weighted by molar-refractivity contribution is 5.90. The second-order valence-electron chi connectivity index (χ2n) is 6.18. The zero-order chi connectivity index (χ0) is 19.5. The van der Waals surface area contributed by atoms with E-state index in [0.717, 1.165) is 24.3 Å². The molecule has 1 aromatic carbocycles. The predicted octanol–water partition coefficient (Wildman–Crippen LogP) is -0.174. The van der Waals surface area contributed by atoms with Crippen molar-refractivity contribution in [1.82, 2.24) is 16.0 Å². The van der Waals surface area contributed by atoms with Gasteiger partial charge in [-0.2, -0.15) is 13.2 Å². The van der Waals surface area contributed by atoms with Crippen LogP contribution in [0.5, 0.6) is 0 Å². The van der Waals surface area contributed by atoms with Crippen molar-refractivity contribution < 1.29 is 33.0 Å². The van der Waals surface area contributed by atoms with Crippen molar-refractivity contribution in [1.29, 1.82) is 0 Å². The summed E-state index contributed by atoms with van der Waals surface area (Å²) >= 11 is 0. The molecular formula is C16H20F3N3O4. The van der Waals surface area contributed by atoms with Crippen molar-refractivity contribution in [3.05, 3.63) is 35.4 Å². The van der Waals surface area contributed by atoms with E-state index in [1.807, 2.05) is 0 Å². The molecule has 0 bridgehead atoms. The SMILES string of the molecule is CC1NC(=O)CC(C(=O)NC(CO)(CO)c2ccc(C(F)(F)F)cc2)N1. The molecule has 1 heterocycles. The van der Waals surface area contributed by atoms with E-state index >= 15 is 0 Å². The Morgan fingerprint density at radius 2 is 1.73 bits per heavy atom. The monoisotopic (exact) mass is 375 g/mol. The van der Waals surface area contributed by atoms with Crippen LogP contribution in [0, 0.1) is 0 Å². The Labute approximate surface area is 147 Å². The number of alkyl halides is 3. The molecule has 0 aromatic heterocycles. The van der Waals surface area contributed by atoms with Crippen molar-refractivity contribution >= 4 is 11.8 Å². The summed E-state index contributed by atoms with van der Waals surface area (Å²) in [6, 6.07) is 2.87. The van der Waals surface area contributed by atoms with Crippen LogP contribution in [0.4, 0.5) is 13.2 Å². The molecule has 0 saturated carbocycles. The Morgan fingerprint density at radius 1 is 1.19 bits per heavy atom. The Bertz CT molecular complexity index is 660. The van der Waals surface area contributed by atoms with E-state index < -0.39 is 48.6 Å². The number of amides is 2. The smallest absolute Gasteiger partial charge is 0.393 e. The summed E-state index contributed by atoms with van der Waals surface area (Å²) in [5.41, 5.74) is -2.46. The van der Waals surface area contributed by atoms with Gasteiger partial charge in [0.05, 0.1) is 37.4 Å². The van der Waals surface area contributed by atoms with Gasteiger partial charge in [-0.25, -0.2) is 0 Å². The van der Waals surface area contributed by atoms with E-state index in [1.54, 1.807) is 6.92 Å². The van der Waals surface area contributed by atoms with E-state index in [0.29, 0.717) is 0 Å². The van der Waals surface area contributed by atoms with Gasteiger partial charge in [-0.15, -0.1) is 0 Å². The molecule has 1 fully saturated rings. The molecule has 0 spiro atoms. The Hall–Kier alpha value is -2.17. The number of nitrogens with one attached hydrogen (secondary N) is 3. The summed E-state index contributed by atoms with van der Waals surface area (Å²) in [5, 5.41) is 27.3. The molecule has 1 aliphatic rings. The molecule has 5 N–H and O–H groups in total. The van der Waals surface area contributed by atoms with Gasteiger partial charge in [0.25, 0.3) is 0 Å². The first-order chi connectivity index (χ1) is 12.1. The molecular weight excluding hydrogens is 355 g/mol. The second kappa shape index (κ2) is 7.60. The summed E-state index contributed by atoms with van der Waals surface area (Å²) in [6.45, 7) is 0.155. The van der Waals surface area contributed by atoms with Gasteiger partial charge in [0.15, 0.2) is 0 Å². The Morgan fingerprint density at radius 3 is 2.19 bits per heavy atom. The molecule has 144 valence electrons. The van der Waals surface area contributed by atoms with Crippen molar-refractivity contribution in [2.45, 2.75) is 37.3 Å². The average molecular weight is 375 g/mol. The number of aliphatic hydroxyl groups is 2. The fourth-order valence-electron chi connectivity index (χ4n) is 2.74. The molecule has 2 amide bonds. The summed E-state index contributed by atoms with van der Waals surface area (Å²) in [7, 11) is 0. The minimum atomic E-state index is -4.53. The Kier molecular flexibility index (Phi) is 5.89. The summed E-state index contributed by atoms with van der Waals surface area (Å²) in [5.74, 6) is -1.00. The molecule has 0 radical (unpaired) electrons. The maximum Gasteiger partial charge on any atom is 0.416 e. The second-order valence-corrected chi connectivity index (χ2v) is 6.18. The molecule has 1 aliphatic heterocycles. The van der Waals surface area contributed by atoms with Crippen LogP contribution >= 0.6 is 0 Å². The number of carbonyl (C=O) groups excluding carboxylic acids is 2. The third-order valence-electron chi connectivity index (χ3n) is 4.20. The van der Waals surface area contributed by atoms with E-state index in [-0.39, 0.29) is 17.9 Å². The van der Waals surface area contributed by atoms with Crippen LogP contribution in [0.25, 0.3) is 0 Å². The number of carbonyl (C=O) groups is 2. The molecule has 1 aromatic rings. The largest absolute Gasteiger partial charge is 0.416 e. The topological polar surface area (TPSA) is 111 Å². The van der Waals surface area contributed by atoms with Gasteiger partial charge >= 0.3 is 6.18 Å². The van der Waals surface area contributed by atoms with E-state index in [4.69, 9.17) is 0 Å². The molecule has 2 unspecified atom stereocenters. The predicted molar refractivity (Wildman–Crippen MR) is 84.6 cm³/mol. The lowest BCUT2D eigenvalue weighted by molar-refractivity contribution is -0.137. The van der Waals surface area contributed by atoms with E-state index in [2.05, 4.69) is 16.0 Å². The zero-order valence-electron chi connectivity index (χ0n) is 13.9. The summed E-state index contributed by atoms with van der Waals surface area (Å²) in [6.07, 6.45) is -5.12. The van der Waals surface area contributed by atoms with Crippen molar-refractivity contribution in [3.63, 3.8) is 0 Å². The minimum Gasteiger partial charge on any atom is -0.393 e. The Balaban J connectivity index is 2.23. The standard InChI is InChI=1S/C16H20F3N3O4/c1-9-20-12(6-13(25)21-9)14(26)22-15(7-23,8-24)10-2-4-11(5-3-10)16(17,18)19/h2-5,9,12,20,23-24H,6-8H2,1H3,(H,21,25)(H,22,26). The molecule has 26 heavy (non-hydrogen) atoms. The molecule has 2 atom stereocenters. The first-order valence-electron chi connectivity index (χ1n) is 7.88. The van der Waals surface area contributed by atoms with Crippen LogP contribution in [-0.4, -0.2) is 47.4 Å². The van der Waals surface area contributed by atoms with Gasteiger partial charge in [-0.1, -0.05) is 12.1 Å². The highest BCUT2D eigenvalue weighted by Crippen LogP contribution is 2.31. The number of hydrogen-bond acceptors (Lipinski definition) is 5. The maximum atomic E-state index is 12.7. The van der Waals surface area contributed by atoms with Crippen LogP contribution in [0.15, 0.2) is 24.3 Å². The molecule has 2 rings (SSSR count). The van der Waals surface area contributed by atoms with Crippen molar-refractivity contribution in [2.24, 2.45) is 0 Å². The first kappa shape index (κ1) is 20.1. The minimum absolute atomic E-state index is 0.108. The van der Waals surface area contributed by atoms with Gasteiger partial charge in [0.1, 0.15) is 5.54 Å². The quantitative estimate of drug-likeness (QED) is 0.491. The highest BCUT2D eigenvalue weighted by Gasteiger charge is 2.38. The number of rotatable bonds is 5. The van der Waals surface area contributed by atoms with Crippen LogP contribution in [0.1, 0.15) is 24.5 Å². The molecule has 7 nitrogen and oxygen atoms in total. The third-order valence-corrected chi connectivity index (χ3v) is 4.20. The molecule has 10 heteroatoms. The maximum absolute atomic E-state index is 12.7. The zero-order valence-corrected chi connectivity index (χ0v) is 13.9. The third kappa shape index (κ3) is 4.32. The molecule has 0 aliphatic carbocycles. The lowest BCUT2D eigenvalue weighted by Gasteiger charge is -2.35. The average Bonchev–Trinajstić information content (AvgIpc) is 2.58. The lowest BCUT2D eigenvalue weighted by atomic mass is 9.90. The highest BCUT2D eigenvalue weighted by atomic mass is 19.4. The van der Waals surface area contributed by atoms with Gasteiger partial charge in [0.2, 0.25) is 11.8 Å². The van der Waals surface area contributed by atoms with Gasteiger partial charge in [0, 0.05) is 0 Å².